The summed E-state index contributed by atoms with van der Waals surface area (Å²) in [6.07, 6.45) is 3.50. The van der Waals surface area contributed by atoms with E-state index in [4.69, 9.17) is 0 Å². The quantitative estimate of drug-likeness (QED) is 0.336. The largest absolute Gasteiger partial charge is 0.246 e. The molecule has 1 atom stereocenters. The molecule has 9 heavy (non-hydrogen) atoms. The van der Waals surface area contributed by atoms with Gasteiger partial charge in [0, 0.05) is 0 Å². The van der Waals surface area contributed by atoms with Gasteiger partial charge in [0.2, 0.25) is 6.08 Å². The van der Waals surface area contributed by atoms with Gasteiger partial charge in [0.25, 0.3) is 0 Å². The second-order valence-corrected chi connectivity index (χ2v) is 3.28. The first-order chi connectivity index (χ1) is 4.33. The van der Waals surface area contributed by atoms with Crippen molar-refractivity contribution in [3.63, 3.8) is 0 Å². The van der Waals surface area contributed by atoms with Gasteiger partial charge in [-0.25, -0.2) is 4.79 Å². The van der Waals surface area contributed by atoms with Crippen molar-refractivity contribution in [2.75, 3.05) is 0 Å². The highest BCUT2D eigenvalue weighted by Crippen LogP contribution is 2.36. The third-order valence-corrected chi connectivity index (χ3v) is 2.42. The molecule has 0 N–H and O–H groups in total. The number of isocyanates is 1. The number of hydrogen-bond donors (Lipinski definition) is 1. The molecule has 2 nitrogen and oxygen atoms in total. The number of thiol groups is 1. The fourth-order valence-electron chi connectivity index (χ4n) is 0.598. The summed E-state index contributed by atoms with van der Waals surface area (Å²) in [5.41, 5.74) is 1.18. The molecule has 0 radical (unpaired) electrons. The Balaban J connectivity index is 2.70. The minimum Gasteiger partial charge on any atom is -0.210 e. The van der Waals surface area contributed by atoms with Crippen molar-refractivity contribution in [1.82, 2.24) is 0 Å². The summed E-state index contributed by atoms with van der Waals surface area (Å²) in [6, 6.07) is 0. The van der Waals surface area contributed by atoms with E-state index >= 15 is 0 Å². The molecule has 0 spiro atoms. The smallest absolute Gasteiger partial charge is 0.210 e. The summed E-state index contributed by atoms with van der Waals surface area (Å²) >= 11 is -0.626. The van der Waals surface area contributed by atoms with Gasteiger partial charge in [-0.15, -0.1) is 11.1 Å². The molecule has 0 aliphatic carbocycles. The van der Waals surface area contributed by atoms with Crippen LogP contribution in [0.15, 0.2) is 26.9 Å². The standard InChI is InChI=1S/C6H7NOS/c1-6-2-3-9(4-6)7-5-8/h2-4,9H,1H3. The second kappa shape index (κ2) is 2.67. The van der Waals surface area contributed by atoms with Gasteiger partial charge in [-0.2, -0.15) is 4.40 Å². The first-order valence-electron chi connectivity index (χ1n) is 2.55. The zero-order valence-electron chi connectivity index (χ0n) is 5.03. The Bertz CT molecular complexity index is 213. The van der Waals surface area contributed by atoms with E-state index in [0.717, 1.165) is 0 Å². The molecule has 0 saturated carbocycles. The Kier molecular flexibility index (Phi) is 1.88. The maximum Gasteiger partial charge on any atom is 0.246 e. The van der Waals surface area contributed by atoms with Crippen LogP contribution in [0, 0.1) is 0 Å². The molecule has 1 heterocycles. The zero-order valence-corrected chi connectivity index (χ0v) is 5.93. The van der Waals surface area contributed by atoms with E-state index in [1.165, 1.54) is 11.7 Å². The average molecular weight is 141 g/mol. The molecule has 1 aliphatic heterocycles. The molecule has 0 aromatic rings. The van der Waals surface area contributed by atoms with Crippen LogP contribution >= 0.6 is 11.1 Å². The third kappa shape index (κ3) is 1.56. The van der Waals surface area contributed by atoms with Crippen molar-refractivity contribution < 1.29 is 4.79 Å². The predicted octanol–water partition coefficient (Wildman–Crippen LogP) is 1.67. The lowest BCUT2D eigenvalue weighted by Gasteiger charge is -1.93. The van der Waals surface area contributed by atoms with Crippen LogP contribution in [0.2, 0.25) is 0 Å². The van der Waals surface area contributed by atoms with Crippen LogP contribution in [-0.4, -0.2) is 6.08 Å². The maximum absolute atomic E-state index is 9.73. The molecule has 1 rings (SSSR count). The van der Waals surface area contributed by atoms with E-state index in [1.54, 1.807) is 0 Å². The Morgan fingerprint density at radius 3 is 3.00 bits per heavy atom. The first-order valence-corrected chi connectivity index (χ1v) is 3.99. The minimum atomic E-state index is -0.626. The first kappa shape index (κ1) is 6.33. The molecule has 0 amide bonds. The monoisotopic (exact) mass is 141 g/mol. The topological polar surface area (TPSA) is 29.4 Å². The van der Waals surface area contributed by atoms with E-state index in [0.29, 0.717) is 0 Å². The van der Waals surface area contributed by atoms with E-state index in [9.17, 15) is 4.79 Å². The fraction of sp³-hybridized carbons (Fsp3) is 0.167. The highest BCUT2D eigenvalue weighted by atomic mass is 32.2. The number of allylic oxidation sites excluding steroid dienone is 2. The molecule has 0 aromatic heterocycles. The Hall–Kier alpha value is -0.790. The fourth-order valence-corrected chi connectivity index (χ4v) is 1.79. The van der Waals surface area contributed by atoms with Gasteiger partial charge in [-0.05, 0) is 23.3 Å². The zero-order chi connectivity index (χ0) is 6.69. The summed E-state index contributed by atoms with van der Waals surface area (Å²) < 4.78 is 3.57. The molecule has 0 aromatic carbocycles. The Morgan fingerprint density at radius 2 is 2.56 bits per heavy atom. The van der Waals surface area contributed by atoms with Crippen molar-refractivity contribution in [1.29, 1.82) is 0 Å². The Morgan fingerprint density at radius 1 is 1.78 bits per heavy atom. The van der Waals surface area contributed by atoms with Crippen LogP contribution < -0.4 is 0 Å². The lowest BCUT2D eigenvalue weighted by Crippen LogP contribution is -1.56. The highest BCUT2D eigenvalue weighted by Gasteiger charge is 1.97. The SMILES string of the molecule is CC1=C[SH](N=C=O)C=C1. The van der Waals surface area contributed by atoms with Crippen molar-refractivity contribution in [2.24, 2.45) is 4.40 Å². The number of nitrogens with zero attached hydrogens (tertiary/aromatic N) is 1. The molecule has 0 saturated heterocycles. The van der Waals surface area contributed by atoms with Crippen molar-refractivity contribution in [3.8, 4) is 0 Å². The van der Waals surface area contributed by atoms with Gasteiger partial charge in [0.05, 0.1) is 0 Å². The molecule has 1 aliphatic rings. The molecule has 0 bridgehead atoms. The van der Waals surface area contributed by atoms with Crippen LogP contribution in [0.4, 0.5) is 0 Å². The van der Waals surface area contributed by atoms with Gasteiger partial charge in [0.1, 0.15) is 0 Å². The van der Waals surface area contributed by atoms with Gasteiger partial charge in [-0.3, -0.25) is 0 Å². The molecule has 48 valence electrons. The van der Waals surface area contributed by atoms with E-state index < -0.39 is 11.1 Å². The van der Waals surface area contributed by atoms with E-state index in [-0.39, 0.29) is 0 Å². The molecule has 1 unspecified atom stereocenters. The predicted molar refractivity (Wildman–Crippen MR) is 40.0 cm³/mol. The number of hydrogen-bond acceptors (Lipinski definition) is 2. The summed E-state index contributed by atoms with van der Waals surface area (Å²) in [5.74, 6) is 0. The molecular formula is C6H7NOS. The minimum absolute atomic E-state index is 0.626. The molecule has 0 fully saturated rings. The van der Waals surface area contributed by atoms with Crippen LogP contribution in [0.1, 0.15) is 6.92 Å². The van der Waals surface area contributed by atoms with Crippen LogP contribution in [0.5, 0.6) is 0 Å². The van der Waals surface area contributed by atoms with Crippen molar-refractivity contribution in [3.05, 3.63) is 22.5 Å². The van der Waals surface area contributed by atoms with Crippen LogP contribution in [0.3, 0.4) is 0 Å². The van der Waals surface area contributed by atoms with Crippen LogP contribution in [-0.2, 0) is 4.79 Å². The average Bonchev–Trinajstić information content (AvgIpc) is 2.17. The second-order valence-electron chi connectivity index (χ2n) is 1.76. The van der Waals surface area contributed by atoms with Gasteiger partial charge < -0.3 is 0 Å². The van der Waals surface area contributed by atoms with Gasteiger partial charge >= 0.3 is 0 Å². The van der Waals surface area contributed by atoms with E-state index in [2.05, 4.69) is 4.40 Å². The van der Waals surface area contributed by atoms with E-state index in [1.807, 2.05) is 23.8 Å². The lowest BCUT2D eigenvalue weighted by molar-refractivity contribution is 0.566. The molecular weight excluding hydrogens is 134 g/mol. The van der Waals surface area contributed by atoms with Crippen molar-refractivity contribution in [2.45, 2.75) is 6.92 Å². The van der Waals surface area contributed by atoms with Crippen molar-refractivity contribution >= 4 is 17.2 Å². The molecule has 3 heteroatoms. The maximum atomic E-state index is 9.73. The lowest BCUT2D eigenvalue weighted by atomic mass is 10.4. The summed E-state index contributed by atoms with van der Waals surface area (Å²) in [6.45, 7) is 1.99. The number of rotatable bonds is 1. The van der Waals surface area contributed by atoms with Crippen LogP contribution in [0.25, 0.3) is 0 Å². The third-order valence-electron chi connectivity index (χ3n) is 0.982. The number of carbonyl (C=O) groups excluding carboxylic acids is 1. The normalized spacial score (nSPS) is 27.2. The Labute approximate surface area is 56.5 Å². The van der Waals surface area contributed by atoms with Gasteiger partial charge in [-0.1, -0.05) is 6.08 Å². The summed E-state index contributed by atoms with van der Waals surface area (Å²) in [5, 5.41) is 3.90. The summed E-state index contributed by atoms with van der Waals surface area (Å²) in [4.78, 5) is 9.73. The summed E-state index contributed by atoms with van der Waals surface area (Å²) in [7, 11) is 0. The highest BCUT2D eigenvalue weighted by molar-refractivity contribution is 8.21. The van der Waals surface area contributed by atoms with Gasteiger partial charge in [0.15, 0.2) is 0 Å².